The highest BCUT2D eigenvalue weighted by Gasteiger charge is 2.26. The lowest BCUT2D eigenvalue weighted by Gasteiger charge is -2.38. The number of hydrogen-bond donors (Lipinski definition) is 2. The molecule has 1 aromatic carbocycles. The second kappa shape index (κ2) is 6.76. The minimum absolute atomic E-state index is 0.306. The monoisotopic (exact) mass is 250 g/mol. The third-order valence-electron chi connectivity index (χ3n) is 3.18. The van der Waals surface area contributed by atoms with Crippen molar-refractivity contribution in [3.05, 3.63) is 29.8 Å². The Morgan fingerprint density at radius 2 is 1.83 bits per heavy atom. The van der Waals surface area contributed by atoms with E-state index in [4.69, 9.17) is 5.73 Å². The van der Waals surface area contributed by atoms with E-state index < -0.39 is 0 Å². The topological polar surface area (TPSA) is 49.5 Å². The largest absolute Gasteiger partial charge is 0.508 e. The summed E-state index contributed by atoms with van der Waals surface area (Å²) < 4.78 is 0. The van der Waals surface area contributed by atoms with Crippen molar-refractivity contribution in [2.24, 2.45) is 5.73 Å². The molecule has 0 bridgehead atoms. The van der Waals surface area contributed by atoms with Crippen LogP contribution in [0, 0.1) is 0 Å². The number of phenolic OH excluding ortho intramolecular Hbond substituents is 1. The first-order chi connectivity index (χ1) is 8.49. The van der Waals surface area contributed by atoms with E-state index in [1.807, 2.05) is 12.1 Å². The van der Waals surface area contributed by atoms with Gasteiger partial charge in [-0.15, -0.1) is 0 Å². The van der Waals surface area contributed by atoms with Gasteiger partial charge in [-0.05, 0) is 50.6 Å². The predicted molar refractivity (Wildman–Crippen MR) is 76.6 cm³/mol. The van der Waals surface area contributed by atoms with Crippen molar-refractivity contribution in [2.75, 3.05) is 13.1 Å². The van der Waals surface area contributed by atoms with Crippen LogP contribution in [0.15, 0.2) is 24.3 Å². The van der Waals surface area contributed by atoms with Crippen molar-refractivity contribution in [1.29, 1.82) is 0 Å². The van der Waals surface area contributed by atoms with Gasteiger partial charge in [-0.1, -0.05) is 26.0 Å². The maximum atomic E-state index is 9.50. The first-order valence-electron chi connectivity index (χ1n) is 6.81. The number of nitrogens with two attached hydrogens (primary N) is 1. The van der Waals surface area contributed by atoms with Crippen LogP contribution in [0.4, 0.5) is 0 Å². The zero-order chi connectivity index (χ0) is 13.6. The highest BCUT2D eigenvalue weighted by Crippen LogP contribution is 2.19. The molecule has 0 spiro atoms. The molecule has 0 fully saturated rings. The average Bonchev–Trinajstić information content (AvgIpc) is 2.28. The fourth-order valence-corrected chi connectivity index (χ4v) is 2.35. The molecular formula is C15H26N2O. The van der Waals surface area contributed by atoms with Gasteiger partial charge >= 0.3 is 0 Å². The normalized spacial score (nSPS) is 14.7. The third-order valence-corrected chi connectivity index (χ3v) is 3.18. The molecule has 0 amide bonds. The summed E-state index contributed by atoms with van der Waals surface area (Å²) in [7, 11) is 0. The van der Waals surface area contributed by atoms with Crippen molar-refractivity contribution >= 4 is 0 Å². The Hall–Kier alpha value is -1.06. The van der Waals surface area contributed by atoms with E-state index in [2.05, 4.69) is 25.7 Å². The van der Waals surface area contributed by atoms with Gasteiger partial charge in [0.25, 0.3) is 0 Å². The maximum Gasteiger partial charge on any atom is 0.115 e. The van der Waals surface area contributed by atoms with Gasteiger partial charge < -0.3 is 10.8 Å². The van der Waals surface area contributed by atoms with Crippen LogP contribution >= 0.6 is 0 Å². The summed E-state index contributed by atoms with van der Waals surface area (Å²) in [6.07, 6.45) is 2.96. The molecule has 0 aliphatic rings. The van der Waals surface area contributed by atoms with Crippen molar-refractivity contribution in [3.8, 4) is 5.75 Å². The van der Waals surface area contributed by atoms with Crippen molar-refractivity contribution in [1.82, 2.24) is 4.90 Å². The Kier molecular flexibility index (Phi) is 5.63. The Labute approximate surface area is 111 Å². The summed E-state index contributed by atoms with van der Waals surface area (Å²) in [6, 6.07) is 7.36. The smallest absolute Gasteiger partial charge is 0.115 e. The molecule has 1 atom stereocenters. The molecule has 0 radical (unpaired) electrons. The van der Waals surface area contributed by atoms with Crippen molar-refractivity contribution in [2.45, 2.75) is 45.7 Å². The second-order valence-corrected chi connectivity index (χ2v) is 5.19. The van der Waals surface area contributed by atoms with Gasteiger partial charge in [0.1, 0.15) is 5.75 Å². The van der Waals surface area contributed by atoms with Crippen LogP contribution in [0.2, 0.25) is 0 Å². The minimum Gasteiger partial charge on any atom is -0.508 e. The van der Waals surface area contributed by atoms with Gasteiger partial charge in [0.15, 0.2) is 0 Å². The molecule has 18 heavy (non-hydrogen) atoms. The van der Waals surface area contributed by atoms with E-state index in [1.165, 1.54) is 0 Å². The third kappa shape index (κ3) is 4.31. The van der Waals surface area contributed by atoms with Gasteiger partial charge in [0.2, 0.25) is 0 Å². The standard InChI is InChI=1S/C15H26N2O/c1-4-9-17(10-5-2)15(3,16)12-13-7-6-8-14(18)11-13/h6-8,11,18H,4-5,9-10,12,16H2,1-3H3. The van der Waals surface area contributed by atoms with Crippen LogP contribution in [0.1, 0.15) is 39.2 Å². The quantitative estimate of drug-likeness (QED) is 0.732. The highest BCUT2D eigenvalue weighted by molar-refractivity contribution is 5.28. The zero-order valence-electron chi connectivity index (χ0n) is 11.8. The van der Waals surface area contributed by atoms with Gasteiger partial charge in [-0.25, -0.2) is 0 Å². The number of benzene rings is 1. The molecule has 0 aromatic heterocycles. The lowest BCUT2D eigenvalue weighted by molar-refractivity contribution is 0.108. The molecule has 0 saturated heterocycles. The van der Waals surface area contributed by atoms with E-state index >= 15 is 0 Å². The van der Waals surface area contributed by atoms with Crippen LogP contribution in [0.25, 0.3) is 0 Å². The van der Waals surface area contributed by atoms with Gasteiger partial charge in [-0.2, -0.15) is 0 Å². The number of aromatic hydroxyl groups is 1. The first-order valence-corrected chi connectivity index (χ1v) is 6.81. The Bertz CT molecular complexity index is 357. The summed E-state index contributed by atoms with van der Waals surface area (Å²) in [5, 5.41) is 9.50. The number of phenols is 1. The first kappa shape index (κ1) is 15.0. The van der Waals surface area contributed by atoms with E-state index in [1.54, 1.807) is 12.1 Å². The molecule has 3 N–H and O–H groups in total. The Morgan fingerprint density at radius 3 is 2.33 bits per heavy atom. The molecule has 0 heterocycles. The molecule has 102 valence electrons. The molecule has 3 nitrogen and oxygen atoms in total. The van der Waals surface area contributed by atoms with Crippen LogP contribution in [-0.2, 0) is 6.42 Å². The predicted octanol–water partition coefficient (Wildman–Crippen LogP) is 2.73. The molecule has 0 saturated carbocycles. The summed E-state index contributed by atoms with van der Waals surface area (Å²) in [6.45, 7) is 8.45. The van der Waals surface area contributed by atoms with Crippen LogP contribution in [0.3, 0.4) is 0 Å². The average molecular weight is 250 g/mol. The molecule has 1 rings (SSSR count). The lowest BCUT2D eigenvalue weighted by Crippen LogP contribution is -2.55. The molecule has 0 aliphatic carbocycles. The van der Waals surface area contributed by atoms with Gasteiger partial charge in [0.05, 0.1) is 5.66 Å². The number of rotatable bonds is 7. The molecule has 0 aliphatic heterocycles. The number of hydrogen-bond acceptors (Lipinski definition) is 3. The zero-order valence-corrected chi connectivity index (χ0v) is 11.8. The Balaban J connectivity index is 2.77. The summed E-state index contributed by atoms with van der Waals surface area (Å²) in [5.41, 5.74) is 7.18. The van der Waals surface area contributed by atoms with E-state index in [-0.39, 0.29) is 5.66 Å². The summed E-state index contributed by atoms with van der Waals surface area (Å²) in [5.74, 6) is 0.306. The van der Waals surface area contributed by atoms with Crippen LogP contribution in [-0.4, -0.2) is 28.8 Å². The summed E-state index contributed by atoms with van der Waals surface area (Å²) in [4.78, 5) is 2.33. The fraction of sp³-hybridized carbons (Fsp3) is 0.600. The summed E-state index contributed by atoms with van der Waals surface area (Å²) >= 11 is 0. The molecular weight excluding hydrogens is 224 g/mol. The van der Waals surface area contributed by atoms with E-state index in [9.17, 15) is 5.11 Å². The van der Waals surface area contributed by atoms with Crippen LogP contribution < -0.4 is 5.73 Å². The molecule has 1 aromatic rings. The van der Waals surface area contributed by atoms with E-state index in [0.717, 1.165) is 37.9 Å². The fourth-order valence-electron chi connectivity index (χ4n) is 2.35. The number of nitrogens with zero attached hydrogens (tertiary/aromatic N) is 1. The maximum absolute atomic E-state index is 9.50. The molecule has 1 unspecified atom stereocenters. The Morgan fingerprint density at radius 1 is 1.22 bits per heavy atom. The van der Waals surface area contributed by atoms with Crippen molar-refractivity contribution < 1.29 is 5.11 Å². The van der Waals surface area contributed by atoms with Crippen LogP contribution in [0.5, 0.6) is 5.75 Å². The van der Waals surface area contributed by atoms with Crippen molar-refractivity contribution in [3.63, 3.8) is 0 Å². The lowest BCUT2D eigenvalue weighted by atomic mass is 9.99. The van der Waals surface area contributed by atoms with Gasteiger partial charge in [0, 0.05) is 6.42 Å². The van der Waals surface area contributed by atoms with E-state index in [0.29, 0.717) is 5.75 Å². The highest BCUT2D eigenvalue weighted by atomic mass is 16.3. The molecule has 3 heteroatoms. The SMILES string of the molecule is CCCN(CCC)C(C)(N)Cc1cccc(O)c1. The van der Waals surface area contributed by atoms with Gasteiger partial charge in [-0.3, -0.25) is 4.90 Å². The second-order valence-electron chi connectivity index (χ2n) is 5.19. The minimum atomic E-state index is -0.361.